The molecule has 0 aliphatic heterocycles. The minimum absolute atomic E-state index is 0.836. The second-order valence-corrected chi connectivity index (χ2v) is 4.49. The van der Waals surface area contributed by atoms with Gasteiger partial charge in [-0.2, -0.15) is 5.10 Å². The zero-order valence-corrected chi connectivity index (χ0v) is 10.2. The average molecular weight is 245 g/mol. The molecule has 0 radical (unpaired) electrons. The van der Waals surface area contributed by atoms with Gasteiger partial charge in [-0.1, -0.05) is 42.5 Å². The predicted molar refractivity (Wildman–Crippen MR) is 76.4 cm³/mol. The van der Waals surface area contributed by atoms with Crippen LogP contribution in [0.2, 0.25) is 0 Å². The molecule has 2 aromatic carbocycles. The number of benzene rings is 2. The van der Waals surface area contributed by atoms with Gasteiger partial charge in [-0.3, -0.25) is 0 Å². The monoisotopic (exact) mass is 245 g/mol. The molecule has 0 saturated carbocycles. The Balaban J connectivity index is 2.04. The van der Waals surface area contributed by atoms with Crippen LogP contribution in [-0.4, -0.2) is 14.8 Å². The minimum atomic E-state index is 0.836. The Morgan fingerprint density at radius 1 is 0.789 bits per heavy atom. The van der Waals surface area contributed by atoms with Gasteiger partial charge in [0.15, 0.2) is 5.82 Å². The Kier molecular flexibility index (Phi) is 2.12. The van der Waals surface area contributed by atoms with Crippen LogP contribution in [0.25, 0.3) is 27.5 Å². The van der Waals surface area contributed by atoms with E-state index in [1.54, 1.807) is 6.20 Å². The van der Waals surface area contributed by atoms with Crippen LogP contribution in [0.4, 0.5) is 0 Å². The molecule has 4 aromatic rings. The Morgan fingerprint density at radius 3 is 2.53 bits per heavy atom. The molecule has 3 nitrogen and oxygen atoms in total. The first-order valence-corrected chi connectivity index (χ1v) is 6.20. The second-order valence-electron chi connectivity index (χ2n) is 4.49. The summed E-state index contributed by atoms with van der Waals surface area (Å²) in [5.74, 6) is 0.836. The van der Waals surface area contributed by atoms with Crippen molar-refractivity contribution in [2.24, 2.45) is 0 Å². The molecule has 4 rings (SSSR count). The van der Waals surface area contributed by atoms with Gasteiger partial charge in [0.2, 0.25) is 0 Å². The van der Waals surface area contributed by atoms with Gasteiger partial charge >= 0.3 is 0 Å². The fourth-order valence-corrected chi connectivity index (χ4v) is 2.36. The van der Waals surface area contributed by atoms with Crippen molar-refractivity contribution in [2.45, 2.75) is 0 Å². The summed E-state index contributed by atoms with van der Waals surface area (Å²) in [5.41, 5.74) is 1.02. The molecule has 3 heteroatoms. The summed E-state index contributed by atoms with van der Waals surface area (Å²) in [6, 6.07) is 18.3. The van der Waals surface area contributed by atoms with E-state index in [2.05, 4.69) is 34.3 Å². The molecular formula is C16H11N3. The van der Waals surface area contributed by atoms with E-state index in [1.807, 2.05) is 41.2 Å². The van der Waals surface area contributed by atoms with Crippen molar-refractivity contribution in [1.29, 1.82) is 0 Å². The first-order valence-electron chi connectivity index (χ1n) is 6.20. The molecule has 0 atom stereocenters. The topological polar surface area (TPSA) is 30.7 Å². The molecule has 0 aliphatic carbocycles. The van der Waals surface area contributed by atoms with Crippen LogP contribution in [0.1, 0.15) is 0 Å². The number of hydrogen-bond acceptors (Lipinski definition) is 2. The van der Waals surface area contributed by atoms with Crippen LogP contribution in [-0.2, 0) is 0 Å². The molecule has 0 aliphatic rings. The summed E-state index contributed by atoms with van der Waals surface area (Å²) in [4.78, 5) is 4.32. The third-order valence-corrected chi connectivity index (χ3v) is 3.28. The maximum Gasteiger partial charge on any atom is 0.153 e. The normalized spacial score (nSPS) is 11.2. The largest absolute Gasteiger partial charge is 0.237 e. The SMILES string of the molecule is c1ccc(-n2cc3ccc4ccccc4c3n2)nc1. The standard InChI is InChI=1S/C16H11N3/c1-2-6-14-12(5-1)8-9-13-11-19(18-16(13)14)15-7-3-4-10-17-15/h1-11H. The quantitative estimate of drug-likeness (QED) is 0.513. The molecule has 0 spiro atoms. The molecule has 2 heterocycles. The fraction of sp³-hybridized carbons (Fsp3) is 0. The molecule has 90 valence electrons. The summed E-state index contributed by atoms with van der Waals surface area (Å²) >= 11 is 0. The van der Waals surface area contributed by atoms with E-state index < -0.39 is 0 Å². The van der Waals surface area contributed by atoms with Crippen molar-refractivity contribution >= 4 is 21.7 Å². The number of hydrogen-bond donors (Lipinski definition) is 0. The van der Waals surface area contributed by atoms with Crippen LogP contribution in [0.15, 0.2) is 67.0 Å². The summed E-state index contributed by atoms with van der Waals surface area (Å²) < 4.78 is 1.83. The maximum atomic E-state index is 4.67. The van der Waals surface area contributed by atoms with E-state index in [0.717, 1.165) is 16.7 Å². The number of aromatic nitrogens is 3. The molecule has 0 N–H and O–H groups in total. The van der Waals surface area contributed by atoms with Crippen molar-refractivity contribution < 1.29 is 0 Å². The number of nitrogens with zero attached hydrogens (tertiary/aromatic N) is 3. The summed E-state index contributed by atoms with van der Waals surface area (Å²) in [6.07, 6.45) is 3.80. The molecule has 2 aromatic heterocycles. The predicted octanol–water partition coefficient (Wildman–Crippen LogP) is 3.57. The molecular weight excluding hydrogens is 234 g/mol. The van der Waals surface area contributed by atoms with Gasteiger partial charge in [0.1, 0.15) is 5.52 Å². The smallest absolute Gasteiger partial charge is 0.153 e. The van der Waals surface area contributed by atoms with Crippen LogP contribution in [0.3, 0.4) is 0 Å². The summed E-state index contributed by atoms with van der Waals surface area (Å²) in [5, 5.41) is 8.18. The van der Waals surface area contributed by atoms with Gasteiger partial charge in [0, 0.05) is 23.2 Å². The van der Waals surface area contributed by atoms with Gasteiger partial charge in [-0.25, -0.2) is 9.67 Å². The average Bonchev–Trinajstić information content (AvgIpc) is 2.93. The molecule has 0 fully saturated rings. The van der Waals surface area contributed by atoms with E-state index >= 15 is 0 Å². The van der Waals surface area contributed by atoms with E-state index in [4.69, 9.17) is 0 Å². The second kappa shape index (κ2) is 3.92. The first-order chi connectivity index (χ1) is 9.42. The highest BCUT2D eigenvalue weighted by Gasteiger charge is 2.06. The number of fused-ring (bicyclic) bond motifs is 3. The van der Waals surface area contributed by atoms with Crippen LogP contribution < -0.4 is 0 Å². The molecule has 0 amide bonds. The molecule has 0 bridgehead atoms. The van der Waals surface area contributed by atoms with Crippen molar-refractivity contribution in [3.05, 3.63) is 67.0 Å². The highest BCUT2D eigenvalue weighted by Crippen LogP contribution is 2.24. The highest BCUT2D eigenvalue weighted by atomic mass is 15.3. The zero-order valence-electron chi connectivity index (χ0n) is 10.2. The van der Waals surface area contributed by atoms with E-state index in [1.165, 1.54) is 10.8 Å². The van der Waals surface area contributed by atoms with Crippen molar-refractivity contribution in [1.82, 2.24) is 14.8 Å². The van der Waals surface area contributed by atoms with Crippen molar-refractivity contribution in [3.8, 4) is 5.82 Å². The van der Waals surface area contributed by atoms with Gasteiger partial charge in [-0.05, 0) is 17.5 Å². The Labute approximate surface area is 110 Å². The Hall–Kier alpha value is -2.68. The third kappa shape index (κ3) is 1.59. The molecule has 19 heavy (non-hydrogen) atoms. The van der Waals surface area contributed by atoms with Crippen molar-refractivity contribution in [2.75, 3.05) is 0 Å². The van der Waals surface area contributed by atoms with Crippen molar-refractivity contribution in [3.63, 3.8) is 0 Å². The lowest BCUT2D eigenvalue weighted by molar-refractivity contribution is 0.861. The first kappa shape index (κ1) is 10.3. The van der Waals surface area contributed by atoms with Crippen LogP contribution in [0, 0.1) is 0 Å². The van der Waals surface area contributed by atoms with Gasteiger partial charge in [0.05, 0.1) is 0 Å². The highest BCUT2D eigenvalue weighted by molar-refractivity contribution is 6.05. The van der Waals surface area contributed by atoms with Crippen LogP contribution >= 0.6 is 0 Å². The number of rotatable bonds is 1. The lowest BCUT2D eigenvalue weighted by Crippen LogP contribution is -1.96. The van der Waals surface area contributed by atoms with Gasteiger partial charge in [-0.15, -0.1) is 0 Å². The lowest BCUT2D eigenvalue weighted by Gasteiger charge is -1.98. The third-order valence-electron chi connectivity index (χ3n) is 3.28. The van der Waals surface area contributed by atoms with E-state index in [-0.39, 0.29) is 0 Å². The zero-order chi connectivity index (χ0) is 12.7. The summed E-state index contributed by atoms with van der Waals surface area (Å²) in [6.45, 7) is 0. The molecule has 0 saturated heterocycles. The Bertz CT molecular complexity index is 863. The van der Waals surface area contributed by atoms with E-state index in [9.17, 15) is 0 Å². The maximum absolute atomic E-state index is 4.67. The van der Waals surface area contributed by atoms with E-state index in [0.29, 0.717) is 0 Å². The summed E-state index contributed by atoms with van der Waals surface area (Å²) in [7, 11) is 0. The lowest BCUT2D eigenvalue weighted by atomic mass is 10.1. The number of pyridine rings is 1. The van der Waals surface area contributed by atoms with Crippen LogP contribution in [0.5, 0.6) is 0 Å². The van der Waals surface area contributed by atoms with Gasteiger partial charge < -0.3 is 0 Å². The fourth-order valence-electron chi connectivity index (χ4n) is 2.36. The minimum Gasteiger partial charge on any atom is -0.237 e. The Morgan fingerprint density at radius 2 is 1.63 bits per heavy atom. The molecule has 0 unspecified atom stereocenters. The van der Waals surface area contributed by atoms with Gasteiger partial charge in [0.25, 0.3) is 0 Å².